The highest BCUT2D eigenvalue weighted by atomic mass is 32.1. The quantitative estimate of drug-likeness (QED) is 0.170. The molecule has 0 atom stereocenters. The van der Waals surface area contributed by atoms with Crippen molar-refractivity contribution in [3.05, 3.63) is 176 Å². The summed E-state index contributed by atoms with van der Waals surface area (Å²) in [5.41, 5.74) is 13.7. The lowest BCUT2D eigenvalue weighted by molar-refractivity contribution is 1.28. The largest absolute Gasteiger partial charge is 0.310 e. The summed E-state index contributed by atoms with van der Waals surface area (Å²) in [7, 11) is 0. The van der Waals surface area contributed by atoms with Crippen molar-refractivity contribution < 1.29 is 0 Å². The first-order chi connectivity index (χ1) is 25.3. The van der Waals surface area contributed by atoms with Crippen LogP contribution in [0, 0.1) is 0 Å². The molecule has 9 aromatic rings. The SMILES string of the molecule is c1ccc(-c2ccc(N3c4cccc5c4B(c4sc6ccccc6c43)c3sc4ccccc4c3N5c3ccccc3-c3ccccc3)cc2)cc1. The third-order valence-corrected chi connectivity index (χ3v) is 12.9. The van der Waals surface area contributed by atoms with Gasteiger partial charge in [0.25, 0.3) is 6.71 Å². The zero-order valence-electron chi connectivity index (χ0n) is 27.5. The van der Waals surface area contributed by atoms with Crippen LogP contribution in [-0.4, -0.2) is 6.71 Å². The van der Waals surface area contributed by atoms with Crippen molar-refractivity contribution in [3.8, 4) is 22.3 Å². The number of fused-ring (bicyclic) bond motifs is 8. The van der Waals surface area contributed by atoms with E-state index in [1.165, 1.54) is 91.6 Å². The molecule has 2 aliphatic rings. The van der Waals surface area contributed by atoms with E-state index in [0.717, 1.165) is 0 Å². The molecule has 5 heteroatoms. The molecule has 0 radical (unpaired) electrons. The number of nitrogens with zero attached hydrogens (tertiary/aromatic N) is 2. The van der Waals surface area contributed by atoms with Crippen molar-refractivity contribution in [2.24, 2.45) is 0 Å². The van der Waals surface area contributed by atoms with Gasteiger partial charge in [-0.2, -0.15) is 0 Å². The second-order valence-electron chi connectivity index (χ2n) is 13.2. The number of rotatable bonds is 4. The molecule has 0 bridgehead atoms. The van der Waals surface area contributed by atoms with Crippen LogP contribution in [0.4, 0.5) is 34.1 Å². The summed E-state index contributed by atoms with van der Waals surface area (Å²) >= 11 is 3.91. The van der Waals surface area contributed by atoms with Crippen LogP contribution in [0.15, 0.2) is 176 Å². The van der Waals surface area contributed by atoms with Crippen molar-refractivity contribution in [1.82, 2.24) is 0 Å². The highest BCUT2D eigenvalue weighted by molar-refractivity contribution is 7.40. The Hall–Kier alpha value is -5.88. The van der Waals surface area contributed by atoms with E-state index < -0.39 is 0 Å². The fraction of sp³-hybridized carbons (Fsp3) is 0. The predicted molar refractivity (Wildman–Crippen MR) is 222 cm³/mol. The number of hydrogen-bond donors (Lipinski definition) is 0. The maximum atomic E-state index is 2.57. The Morgan fingerprint density at radius 1 is 0.373 bits per heavy atom. The Morgan fingerprint density at radius 3 is 1.53 bits per heavy atom. The Bertz CT molecular complexity index is 2770. The Morgan fingerprint density at radius 2 is 0.863 bits per heavy atom. The number of benzene rings is 7. The fourth-order valence-corrected chi connectivity index (χ4v) is 11.0. The molecule has 0 N–H and O–H groups in total. The normalized spacial score (nSPS) is 13.0. The molecule has 0 spiro atoms. The lowest BCUT2D eigenvalue weighted by atomic mass is 9.39. The smallest absolute Gasteiger partial charge is 0.277 e. The van der Waals surface area contributed by atoms with Crippen LogP contribution in [-0.2, 0) is 0 Å². The van der Waals surface area contributed by atoms with Gasteiger partial charge in [-0.25, -0.2) is 0 Å². The lowest BCUT2D eigenvalue weighted by Crippen LogP contribution is -2.59. The third kappa shape index (κ3) is 4.29. The predicted octanol–water partition coefficient (Wildman–Crippen LogP) is 11.5. The minimum Gasteiger partial charge on any atom is -0.310 e. The van der Waals surface area contributed by atoms with Crippen LogP contribution in [0.1, 0.15) is 0 Å². The van der Waals surface area contributed by atoms with Gasteiger partial charge < -0.3 is 9.80 Å². The molecule has 2 nitrogen and oxygen atoms in total. The van der Waals surface area contributed by atoms with Crippen molar-refractivity contribution in [2.75, 3.05) is 9.80 Å². The number of hydrogen-bond acceptors (Lipinski definition) is 4. The van der Waals surface area contributed by atoms with Gasteiger partial charge in [-0.15, -0.1) is 22.7 Å². The number of thiophene rings is 2. The zero-order valence-corrected chi connectivity index (χ0v) is 29.2. The highest BCUT2D eigenvalue weighted by Crippen LogP contribution is 2.51. The maximum Gasteiger partial charge on any atom is 0.277 e. The first kappa shape index (κ1) is 28.9. The van der Waals surface area contributed by atoms with E-state index in [1.54, 1.807) is 0 Å². The van der Waals surface area contributed by atoms with Crippen LogP contribution in [0.2, 0.25) is 0 Å². The van der Waals surface area contributed by atoms with E-state index in [4.69, 9.17) is 0 Å². The van der Waals surface area contributed by atoms with E-state index in [9.17, 15) is 0 Å². The van der Waals surface area contributed by atoms with Crippen molar-refractivity contribution in [3.63, 3.8) is 0 Å². The van der Waals surface area contributed by atoms with Crippen LogP contribution in [0.5, 0.6) is 0 Å². The second kappa shape index (κ2) is 11.3. The van der Waals surface area contributed by atoms with Gasteiger partial charge >= 0.3 is 0 Å². The average molecular weight is 685 g/mol. The lowest BCUT2D eigenvalue weighted by Gasteiger charge is -2.42. The van der Waals surface area contributed by atoms with E-state index in [2.05, 4.69) is 186 Å². The topological polar surface area (TPSA) is 6.48 Å². The van der Waals surface area contributed by atoms with Gasteiger partial charge in [-0.05, 0) is 64.6 Å². The molecule has 0 saturated heterocycles. The van der Waals surface area contributed by atoms with Gasteiger partial charge in [0.15, 0.2) is 0 Å². The summed E-state index contributed by atoms with van der Waals surface area (Å²) in [5.74, 6) is 0. The molecule has 0 amide bonds. The minimum absolute atomic E-state index is 0.121. The molecular formula is C46H29BN2S2. The highest BCUT2D eigenvalue weighted by Gasteiger charge is 2.46. The summed E-state index contributed by atoms with van der Waals surface area (Å²) in [6.07, 6.45) is 0. The monoisotopic (exact) mass is 684 g/mol. The van der Waals surface area contributed by atoms with Crippen molar-refractivity contribution >= 4 is 98.7 Å². The van der Waals surface area contributed by atoms with Crippen LogP contribution >= 0.6 is 22.7 Å². The number of para-hydroxylation sites is 1. The molecular weight excluding hydrogens is 655 g/mol. The van der Waals surface area contributed by atoms with Crippen LogP contribution in [0.25, 0.3) is 42.4 Å². The van der Waals surface area contributed by atoms with Gasteiger partial charge in [0, 0.05) is 52.4 Å². The third-order valence-electron chi connectivity index (χ3n) is 10.5. The standard InChI is InChI=1S/C46H29BN2S2/c1-3-14-30(15-4-1)31-26-28-33(29-27-31)48-38-22-13-23-39-42(38)47(45-43(48)35-19-8-11-24-40(35)50-45)46-44(36-20-9-12-25-41(36)51-46)49(39)37-21-10-7-18-34(37)32-16-5-2-6-17-32/h1-29H. The van der Waals surface area contributed by atoms with Crippen LogP contribution < -0.4 is 24.8 Å². The Kier molecular flexibility index (Phi) is 6.42. The molecule has 4 heterocycles. The minimum atomic E-state index is 0.121. The van der Waals surface area contributed by atoms with Crippen LogP contribution in [0.3, 0.4) is 0 Å². The Labute approximate surface area is 305 Å². The van der Waals surface area contributed by atoms with Gasteiger partial charge in [-0.3, -0.25) is 0 Å². The molecule has 0 saturated carbocycles. The van der Waals surface area contributed by atoms with Gasteiger partial charge in [-0.1, -0.05) is 133 Å². The second-order valence-corrected chi connectivity index (χ2v) is 15.4. The van der Waals surface area contributed by atoms with E-state index in [0.29, 0.717) is 0 Å². The van der Waals surface area contributed by atoms with Gasteiger partial charge in [0.2, 0.25) is 0 Å². The van der Waals surface area contributed by atoms with Crippen molar-refractivity contribution in [2.45, 2.75) is 0 Å². The average Bonchev–Trinajstić information content (AvgIpc) is 3.78. The first-order valence-corrected chi connectivity index (χ1v) is 19.0. The summed E-state index contributed by atoms with van der Waals surface area (Å²) in [4.78, 5) is 5.11. The molecule has 11 rings (SSSR count). The molecule has 238 valence electrons. The van der Waals surface area contributed by atoms with E-state index >= 15 is 0 Å². The Balaban J connectivity index is 1.21. The molecule has 2 aromatic heterocycles. The van der Waals surface area contributed by atoms with Gasteiger partial charge in [0.05, 0.1) is 17.1 Å². The first-order valence-electron chi connectivity index (χ1n) is 17.4. The molecule has 51 heavy (non-hydrogen) atoms. The summed E-state index contributed by atoms with van der Waals surface area (Å²) in [6.45, 7) is 0.121. The number of anilines is 6. The summed E-state index contributed by atoms with van der Waals surface area (Å²) < 4.78 is 5.46. The molecule has 0 unspecified atom stereocenters. The summed E-state index contributed by atoms with van der Waals surface area (Å²) in [6, 6.07) is 64.4. The van der Waals surface area contributed by atoms with E-state index in [1.807, 2.05) is 22.7 Å². The fourth-order valence-electron chi connectivity index (χ4n) is 8.29. The molecule has 2 aliphatic heterocycles. The maximum absolute atomic E-state index is 2.57. The summed E-state index contributed by atoms with van der Waals surface area (Å²) in [5, 5.41) is 2.61. The molecule has 0 fully saturated rings. The zero-order chi connectivity index (χ0) is 33.5. The molecule has 7 aromatic carbocycles. The van der Waals surface area contributed by atoms with E-state index in [-0.39, 0.29) is 6.71 Å². The molecule has 0 aliphatic carbocycles. The van der Waals surface area contributed by atoms with Crippen molar-refractivity contribution in [1.29, 1.82) is 0 Å². The van der Waals surface area contributed by atoms with Gasteiger partial charge in [0.1, 0.15) is 0 Å².